The molecule has 1 N–H and O–H groups in total. The lowest BCUT2D eigenvalue weighted by molar-refractivity contribution is -0.148. The van der Waals surface area contributed by atoms with E-state index in [1.807, 2.05) is 11.9 Å². The number of hydrogen-bond donors (Lipinski definition) is 1. The Bertz CT molecular complexity index is 244. The van der Waals surface area contributed by atoms with Gasteiger partial charge in [0.25, 0.3) is 0 Å². The predicted octanol–water partition coefficient (Wildman–Crippen LogP) is 0.603. The van der Waals surface area contributed by atoms with E-state index in [2.05, 4.69) is 15.9 Å². The number of halogens is 1. The molecule has 2 unspecified atom stereocenters. The molecule has 0 aromatic rings. The molecule has 14 heavy (non-hydrogen) atoms. The number of carbonyl (C=O) groups excluding carboxylic acids is 1. The van der Waals surface area contributed by atoms with Crippen LogP contribution in [0.4, 0.5) is 0 Å². The van der Waals surface area contributed by atoms with Crippen molar-refractivity contribution in [1.29, 1.82) is 0 Å². The van der Waals surface area contributed by atoms with Gasteiger partial charge in [0, 0.05) is 12.5 Å². The fourth-order valence-electron chi connectivity index (χ4n) is 1.85. The van der Waals surface area contributed by atoms with Crippen molar-refractivity contribution in [2.24, 2.45) is 11.8 Å². The first-order chi connectivity index (χ1) is 6.56. The Balaban J connectivity index is 2.72. The molecule has 1 fully saturated rings. The van der Waals surface area contributed by atoms with Gasteiger partial charge >= 0.3 is 5.97 Å². The van der Waals surface area contributed by atoms with Crippen LogP contribution in [0, 0.1) is 11.8 Å². The molecule has 0 amide bonds. The highest BCUT2D eigenvalue weighted by molar-refractivity contribution is 9.09. The van der Waals surface area contributed by atoms with Gasteiger partial charge in [-0.1, -0.05) is 15.9 Å². The van der Waals surface area contributed by atoms with Crippen LogP contribution in [0.1, 0.15) is 6.42 Å². The summed E-state index contributed by atoms with van der Waals surface area (Å²) in [6, 6.07) is 0. The fraction of sp³-hybridized carbons (Fsp3) is 0.778. The number of piperidine rings is 1. The Labute approximate surface area is 91.4 Å². The minimum atomic E-state index is -0.865. The average molecular weight is 264 g/mol. The molecule has 1 heterocycles. The van der Waals surface area contributed by atoms with Gasteiger partial charge in [-0.25, -0.2) is 0 Å². The lowest BCUT2D eigenvalue weighted by Crippen LogP contribution is -2.45. The normalized spacial score (nSPS) is 28.7. The maximum absolute atomic E-state index is 11.5. The lowest BCUT2D eigenvalue weighted by atomic mass is 9.83. The van der Waals surface area contributed by atoms with Crippen molar-refractivity contribution in [2.75, 3.05) is 25.5 Å². The Kier molecular flexibility index (Phi) is 4.07. The molecule has 0 aromatic carbocycles. The number of carboxylic acid groups (broad SMARTS) is 1. The highest BCUT2D eigenvalue weighted by atomic mass is 79.9. The summed E-state index contributed by atoms with van der Waals surface area (Å²) in [5.74, 6) is -1.72. The number of alkyl halides is 1. The van der Waals surface area contributed by atoms with Gasteiger partial charge in [0.2, 0.25) is 0 Å². The maximum Gasteiger partial charge on any atom is 0.308 e. The van der Waals surface area contributed by atoms with Gasteiger partial charge in [0.05, 0.1) is 11.2 Å². The molecule has 2 atom stereocenters. The summed E-state index contributed by atoms with van der Waals surface area (Å²) in [6.07, 6.45) is 0.651. The third-order valence-corrected chi connectivity index (χ3v) is 3.23. The number of nitrogens with zero attached hydrogens (tertiary/aromatic N) is 1. The Morgan fingerprint density at radius 2 is 2.14 bits per heavy atom. The molecule has 4 nitrogen and oxygen atoms in total. The molecule has 5 heteroatoms. The summed E-state index contributed by atoms with van der Waals surface area (Å²) in [4.78, 5) is 24.4. The molecule has 0 aliphatic carbocycles. The van der Waals surface area contributed by atoms with E-state index in [9.17, 15) is 9.59 Å². The molecule has 0 aromatic heterocycles. The molecule has 0 radical (unpaired) electrons. The van der Waals surface area contributed by atoms with Crippen LogP contribution in [0.3, 0.4) is 0 Å². The largest absolute Gasteiger partial charge is 0.481 e. The van der Waals surface area contributed by atoms with Crippen molar-refractivity contribution in [3.05, 3.63) is 0 Å². The van der Waals surface area contributed by atoms with Gasteiger partial charge in [-0.05, 0) is 20.0 Å². The van der Waals surface area contributed by atoms with Gasteiger partial charge < -0.3 is 10.0 Å². The van der Waals surface area contributed by atoms with Gasteiger partial charge in [-0.15, -0.1) is 0 Å². The fourth-order valence-corrected chi connectivity index (χ4v) is 2.27. The summed E-state index contributed by atoms with van der Waals surface area (Å²) in [7, 11) is 1.88. The first-order valence-electron chi connectivity index (χ1n) is 4.56. The van der Waals surface area contributed by atoms with E-state index < -0.39 is 11.9 Å². The zero-order valence-electron chi connectivity index (χ0n) is 8.07. The lowest BCUT2D eigenvalue weighted by Gasteiger charge is -2.33. The summed E-state index contributed by atoms with van der Waals surface area (Å²) >= 11 is 3.09. The number of ketones is 1. The van der Waals surface area contributed by atoms with Crippen molar-refractivity contribution in [1.82, 2.24) is 4.90 Å². The third-order valence-electron chi connectivity index (χ3n) is 2.68. The SMILES string of the molecule is CN1CCC(C(=O)CBr)C(C(=O)O)C1. The zero-order chi connectivity index (χ0) is 10.7. The second-order valence-electron chi connectivity index (χ2n) is 3.70. The highest BCUT2D eigenvalue weighted by Crippen LogP contribution is 2.24. The summed E-state index contributed by atoms with van der Waals surface area (Å²) in [5.41, 5.74) is 0. The van der Waals surface area contributed by atoms with Crippen molar-refractivity contribution in [3.63, 3.8) is 0 Å². The van der Waals surface area contributed by atoms with Crippen LogP contribution < -0.4 is 0 Å². The van der Waals surface area contributed by atoms with Crippen molar-refractivity contribution < 1.29 is 14.7 Å². The predicted molar refractivity (Wildman–Crippen MR) is 55.5 cm³/mol. The van der Waals surface area contributed by atoms with Crippen LogP contribution in [0.15, 0.2) is 0 Å². The van der Waals surface area contributed by atoms with Crippen molar-refractivity contribution in [2.45, 2.75) is 6.42 Å². The summed E-state index contributed by atoms with van der Waals surface area (Å²) in [6.45, 7) is 1.27. The minimum absolute atomic E-state index is 0.00509. The van der Waals surface area contributed by atoms with Crippen LogP contribution in [0.2, 0.25) is 0 Å². The van der Waals surface area contributed by atoms with E-state index in [1.54, 1.807) is 0 Å². The average Bonchev–Trinajstić information content (AvgIpc) is 2.16. The van der Waals surface area contributed by atoms with Crippen LogP contribution in [-0.4, -0.2) is 47.2 Å². The van der Waals surface area contributed by atoms with Gasteiger partial charge in [-0.2, -0.15) is 0 Å². The molecule has 1 aliphatic rings. The first kappa shape index (κ1) is 11.7. The highest BCUT2D eigenvalue weighted by Gasteiger charge is 2.36. The van der Waals surface area contributed by atoms with E-state index in [-0.39, 0.29) is 17.0 Å². The van der Waals surface area contributed by atoms with Crippen LogP contribution in [0.25, 0.3) is 0 Å². The molecule has 0 bridgehead atoms. The van der Waals surface area contributed by atoms with E-state index in [4.69, 9.17) is 5.11 Å². The molecular formula is C9H14BrNO3. The molecule has 80 valence electrons. The topological polar surface area (TPSA) is 57.6 Å². The maximum atomic E-state index is 11.5. The van der Waals surface area contributed by atoms with Crippen molar-refractivity contribution >= 4 is 27.7 Å². The molecule has 0 spiro atoms. The molecule has 0 saturated carbocycles. The third kappa shape index (κ3) is 2.54. The van der Waals surface area contributed by atoms with Crippen LogP contribution in [-0.2, 0) is 9.59 Å². The van der Waals surface area contributed by atoms with Gasteiger partial charge in [-0.3, -0.25) is 9.59 Å². The van der Waals surface area contributed by atoms with Crippen LogP contribution in [0.5, 0.6) is 0 Å². The standard InChI is InChI=1S/C9H14BrNO3/c1-11-3-2-6(8(12)4-10)7(5-11)9(13)14/h6-7H,2-5H2,1H3,(H,13,14). The second kappa shape index (κ2) is 4.89. The zero-order valence-corrected chi connectivity index (χ0v) is 9.66. The van der Waals surface area contributed by atoms with E-state index in [1.165, 1.54) is 0 Å². The smallest absolute Gasteiger partial charge is 0.308 e. The Hall–Kier alpha value is -0.420. The summed E-state index contributed by atoms with van der Waals surface area (Å²) in [5, 5.41) is 9.23. The summed E-state index contributed by atoms with van der Waals surface area (Å²) < 4.78 is 0. The van der Waals surface area contributed by atoms with Gasteiger partial charge in [0.15, 0.2) is 0 Å². The number of carbonyl (C=O) groups is 2. The Morgan fingerprint density at radius 1 is 1.50 bits per heavy atom. The molecule has 1 aliphatic heterocycles. The van der Waals surface area contributed by atoms with E-state index in [0.29, 0.717) is 13.0 Å². The first-order valence-corrected chi connectivity index (χ1v) is 5.68. The number of likely N-dealkylation sites (tertiary alicyclic amines) is 1. The monoisotopic (exact) mass is 263 g/mol. The van der Waals surface area contributed by atoms with E-state index >= 15 is 0 Å². The number of carboxylic acids is 1. The molecule has 1 saturated heterocycles. The quantitative estimate of drug-likeness (QED) is 0.758. The van der Waals surface area contributed by atoms with Gasteiger partial charge in [0.1, 0.15) is 5.78 Å². The van der Waals surface area contributed by atoms with E-state index in [0.717, 1.165) is 6.54 Å². The molecular weight excluding hydrogens is 250 g/mol. The molecule has 1 rings (SSSR count). The second-order valence-corrected chi connectivity index (χ2v) is 4.26. The van der Waals surface area contributed by atoms with Crippen LogP contribution >= 0.6 is 15.9 Å². The Morgan fingerprint density at radius 3 is 2.64 bits per heavy atom. The number of rotatable bonds is 3. The number of hydrogen-bond acceptors (Lipinski definition) is 3. The van der Waals surface area contributed by atoms with Crippen molar-refractivity contribution in [3.8, 4) is 0 Å². The minimum Gasteiger partial charge on any atom is -0.481 e. The number of Topliss-reactive ketones (excluding diaryl/α,β-unsaturated/α-hetero) is 1. The number of aliphatic carboxylic acids is 1.